The smallest absolute Gasteiger partial charge is 0.258 e. The number of ether oxygens (including phenoxy) is 1. The highest BCUT2D eigenvalue weighted by atomic mass is 35.5. The summed E-state index contributed by atoms with van der Waals surface area (Å²) in [5.74, 6) is -0.430. The first kappa shape index (κ1) is 24.2. The van der Waals surface area contributed by atoms with E-state index in [-0.39, 0.29) is 27.8 Å². The van der Waals surface area contributed by atoms with Crippen molar-refractivity contribution in [3.8, 4) is 17.1 Å². The molecule has 1 aliphatic heterocycles. The fourth-order valence-corrected chi connectivity index (χ4v) is 4.76. The number of hydrogen-bond donors (Lipinski definition) is 1. The van der Waals surface area contributed by atoms with Crippen molar-refractivity contribution < 1.29 is 13.9 Å². The Morgan fingerprint density at radius 3 is 2.76 bits per heavy atom. The van der Waals surface area contributed by atoms with E-state index in [0.717, 1.165) is 24.1 Å². The van der Waals surface area contributed by atoms with E-state index in [2.05, 4.69) is 14.9 Å². The van der Waals surface area contributed by atoms with Gasteiger partial charge in [0.2, 0.25) is 6.41 Å². The Balaban J connectivity index is 1.69. The quantitative estimate of drug-likeness (QED) is 0.385. The van der Waals surface area contributed by atoms with E-state index < -0.39 is 11.9 Å². The average Bonchev–Trinajstić information content (AvgIpc) is 2.83. The van der Waals surface area contributed by atoms with Gasteiger partial charge in [0.1, 0.15) is 11.9 Å². The van der Waals surface area contributed by atoms with E-state index in [0.29, 0.717) is 24.3 Å². The minimum absolute atomic E-state index is 0.0114. The second-order valence-corrected chi connectivity index (χ2v) is 8.93. The molecule has 0 bridgehead atoms. The number of amides is 1. The molecule has 2 unspecified atom stereocenters. The van der Waals surface area contributed by atoms with E-state index in [1.54, 1.807) is 18.0 Å². The third-order valence-electron chi connectivity index (χ3n) is 5.97. The van der Waals surface area contributed by atoms with E-state index in [4.69, 9.17) is 33.7 Å². The Morgan fingerprint density at radius 1 is 1.24 bits per heavy atom. The Labute approximate surface area is 207 Å². The zero-order valence-corrected chi connectivity index (χ0v) is 20.2. The Kier molecular flexibility index (Phi) is 7.21. The highest BCUT2D eigenvalue weighted by Gasteiger charge is 2.28. The number of carbonyl (C=O) groups excluding carboxylic acids is 1. The molecule has 2 N–H and O–H groups in total. The standard InChI is InChI=1S/C24H24Cl2FN5O2/c1-14(21-17(25)7-8-18(27)22(21)26)34-24-23(28)29-11-19(30-24)15-5-3-4-6-16(15)20-12-32(13-33)10-9-31(20)2/h3-8,11,13-14,20H,9-10,12H2,1-2H3,(H2,28,29). The van der Waals surface area contributed by atoms with Crippen LogP contribution in [0.1, 0.15) is 30.2 Å². The number of carbonyl (C=O) groups is 1. The number of aromatic nitrogens is 2. The molecule has 3 aromatic rings. The molecule has 7 nitrogen and oxygen atoms in total. The highest BCUT2D eigenvalue weighted by molar-refractivity contribution is 6.36. The lowest BCUT2D eigenvalue weighted by Crippen LogP contribution is -2.46. The number of likely N-dealkylation sites (N-methyl/N-ethyl adjacent to an activating group) is 1. The van der Waals surface area contributed by atoms with Crippen molar-refractivity contribution in [1.82, 2.24) is 19.8 Å². The Morgan fingerprint density at radius 2 is 2.00 bits per heavy atom. The van der Waals surface area contributed by atoms with Gasteiger partial charge < -0.3 is 15.4 Å². The molecule has 1 aromatic heterocycles. The molecular formula is C24H24Cl2FN5O2. The van der Waals surface area contributed by atoms with Crippen molar-refractivity contribution in [1.29, 1.82) is 0 Å². The zero-order chi connectivity index (χ0) is 24.4. The van der Waals surface area contributed by atoms with E-state index in [1.165, 1.54) is 12.1 Å². The number of nitrogens with zero attached hydrogens (tertiary/aromatic N) is 4. The van der Waals surface area contributed by atoms with Gasteiger partial charge in [-0.05, 0) is 31.7 Å². The Bertz CT molecular complexity index is 1210. The lowest BCUT2D eigenvalue weighted by molar-refractivity contribution is -0.120. The van der Waals surface area contributed by atoms with Gasteiger partial charge in [-0.2, -0.15) is 0 Å². The van der Waals surface area contributed by atoms with Crippen LogP contribution in [0, 0.1) is 5.82 Å². The normalized spacial score (nSPS) is 17.4. The zero-order valence-electron chi connectivity index (χ0n) is 18.7. The summed E-state index contributed by atoms with van der Waals surface area (Å²) < 4.78 is 20.0. The van der Waals surface area contributed by atoms with Crippen molar-refractivity contribution in [2.45, 2.75) is 19.1 Å². The van der Waals surface area contributed by atoms with Crippen LogP contribution < -0.4 is 10.5 Å². The number of benzene rings is 2. The van der Waals surface area contributed by atoms with Gasteiger partial charge in [0, 0.05) is 35.8 Å². The molecule has 1 fully saturated rings. The summed E-state index contributed by atoms with van der Waals surface area (Å²) >= 11 is 12.4. The maximum Gasteiger partial charge on any atom is 0.258 e. The third-order valence-corrected chi connectivity index (χ3v) is 6.68. The van der Waals surface area contributed by atoms with E-state index >= 15 is 0 Å². The van der Waals surface area contributed by atoms with Crippen LogP contribution in [0.15, 0.2) is 42.6 Å². The van der Waals surface area contributed by atoms with Crippen LogP contribution in [-0.4, -0.2) is 52.9 Å². The number of anilines is 1. The summed E-state index contributed by atoms with van der Waals surface area (Å²) in [5.41, 5.74) is 8.75. The molecular weight excluding hydrogens is 480 g/mol. The van der Waals surface area contributed by atoms with Gasteiger partial charge in [0.05, 0.1) is 23.0 Å². The van der Waals surface area contributed by atoms with E-state index in [1.807, 2.05) is 31.3 Å². The van der Waals surface area contributed by atoms with Gasteiger partial charge in [-0.1, -0.05) is 47.5 Å². The van der Waals surface area contributed by atoms with Crippen LogP contribution in [-0.2, 0) is 4.79 Å². The van der Waals surface area contributed by atoms with Crippen LogP contribution >= 0.6 is 23.2 Å². The average molecular weight is 504 g/mol. The predicted molar refractivity (Wildman–Crippen MR) is 130 cm³/mol. The van der Waals surface area contributed by atoms with Crippen LogP contribution in [0.3, 0.4) is 0 Å². The van der Waals surface area contributed by atoms with Gasteiger partial charge in [-0.15, -0.1) is 0 Å². The van der Waals surface area contributed by atoms with Crippen molar-refractivity contribution in [3.05, 3.63) is 69.6 Å². The van der Waals surface area contributed by atoms with Crippen molar-refractivity contribution in [2.24, 2.45) is 0 Å². The topological polar surface area (TPSA) is 84.6 Å². The minimum Gasteiger partial charge on any atom is -0.467 e. The lowest BCUT2D eigenvalue weighted by atomic mass is 9.95. The second-order valence-electron chi connectivity index (χ2n) is 8.15. The molecule has 0 aliphatic carbocycles. The molecule has 4 rings (SSSR count). The van der Waals surface area contributed by atoms with Gasteiger partial charge in [0.15, 0.2) is 5.82 Å². The van der Waals surface area contributed by atoms with Crippen LogP contribution in [0.4, 0.5) is 10.2 Å². The minimum atomic E-state index is -0.733. The summed E-state index contributed by atoms with van der Waals surface area (Å²) in [6.45, 7) is 3.68. The molecule has 1 saturated heterocycles. The molecule has 1 aliphatic rings. The van der Waals surface area contributed by atoms with Gasteiger partial charge in [0.25, 0.3) is 5.88 Å². The molecule has 0 radical (unpaired) electrons. The SMILES string of the molecule is CC(Oc1nc(-c2ccccc2C2CN(C=O)CCN2C)cnc1N)c1c(Cl)ccc(F)c1Cl. The highest BCUT2D eigenvalue weighted by Crippen LogP contribution is 2.37. The molecule has 178 valence electrons. The summed E-state index contributed by atoms with van der Waals surface area (Å²) in [5, 5.41) is 0.153. The van der Waals surface area contributed by atoms with Crippen LogP contribution in [0.25, 0.3) is 11.3 Å². The number of nitrogen functional groups attached to an aromatic ring is 1. The predicted octanol–water partition coefficient (Wildman–Crippen LogP) is 4.76. The Hall–Kier alpha value is -2.94. The number of rotatable bonds is 6. The number of piperazine rings is 1. The van der Waals surface area contributed by atoms with Gasteiger partial charge in [-0.25, -0.2) is 14.4 Å². The lowest BCUT2D eigenvalue weighted by Gasteiger charge is -2.38. The molecule has 34 heavy (non-hydrogen) atoms. The monoisotopic (exact) mass is 503 g/mol. The summed E-state index contributed by atoms with van der Waals surface area (Å²) in [6.07, 6.45) is 1.72. The number of hydrogen-bond acceptors (Lipinski definition) is 6. The van der Waals surface area contributed by atoms with Crippen molar-refractivity contribution >= 4 is 35.4 Å². The maximum absolute atomic E-state index is 14.0. The first-order valence-corrected chi connectivity index (χ1v) is 11.5. The molecule has 2 atom stereocenters. The van der Waals surface area contributed by atoms with Crippen LogP contribution in [0.2, 0.25) is 10.0 Å². The van der Waals surface area contributed by atoms with E-state index in [9.17, 15) is 9.18 Å². The second kappa shape index (κ2) is 10.1. The molecule has 1 amide bonds. The molecule has 10 heteroatoms. The molecule has 2 heterocycles. The van der Waals surface area contributed by atoms with Crippen molar-refractivity contribution in [3.63, 3.8) is 0 Å². The number of halogens is 3. The maximum atomic E-state index is 14.0. The largest absolute Gasteiger partial charge is 0.467 e. The molecule has 2 aromatic carbocycles. The fraction of sp³-hybridized carbons (Fsp3) is 0.292. The van der Waals surface area contributed by atoms with Crippen LogP contribution in [0.5, 0.6) is 5.88 Å². The first-order chi connectivity index (χ1) is 16.3. The summed E-state index contributed by atoms with van der Waals surface area (Å²) in [7, 11) is 2.03. The van der Waals surface area contributed by atoms with Gasteiger partial charge in [-0.3, -0.25) is 9.69 Å². The number of nitrogens with two attached hydrogens (primary N) is 1. The third kappa shape index (κ3) is 4.80. The molecule has 0 saturated carbocycles. The van der Waals surface area contributed by atoms with Gasteiger partial charge >= 0.3 is 0 Å². The first-order valence-electron chi connectivity index (χ1n) is 10.7. The molecule has 0 spiro atoms. The summed E-state index contributed by atoms with van der Waals surface area (Å²) in [4.78, 5) is 24.2. The fourth-order valence-electron chi connectivity index (χ4n) is 4.09. The van der Waals surface area contributed by atoms with Crippen molar-refractivity contribution in [2.75, 3.05) is 32.4 Å². The summed E-state index contributed by atoms with van der Waals surface area (Å²) in [6, 6.07) is 10.4.